The fourth-order valence-corrected chi connectivity index (χ4v) is 4.23. The molecule has 3 heterocycles. The predicted molar refractivity (Wildman–Crippen MR) is 93.3 cm³/mol. The molecule has 5 nitrogen and oxygen atoms in total. The van der Waals surface area contributed by atoms with E-state index in [0.29, 0.717) is 0 Å². The first-order valence-electron chi connectivity index (χ1n) is 8.91. The summed E-state index contributed by atoms with van der Waals surface area (Å²) in [5, 5.41) is 10.7. The lowest BCUT2D eigenvalue weighted by Crippen LogP contribution is -2.64. The van der Waals surface area contributed by atoms with Gasteiger partial charge in [-0.15, -0.1) is 0 Å². The van der Waals surface area contributed by atoms with E-state index in [2.05, 4.69) is 16.0 Å². The largest absolute Gasteiger partial charge is 0.391 e. The average molecular weight is 331 g/mol. The fraction of sp³-hybridized carbons (Fsp3) is 0.684. The van der Waals surface area contributed by atoms with E-state index in [1.54, 1.807) is 6.92 Å². The van der Waals surface area contributed by atoms with E-state index in [4.69, 9.17) is 0 Å². The second-order valence-electron chi connectivity index (χ2n) is 8.08. The molecule has 2 fully saturated rings. The zero-order chi connectivity index (χ0) is 17.4. The number of aromatic nitrogens is 1. The molecule has 0 unspecified atom stereocenters. The highest BCUT2D eigenvalue weighted by molar-refractivity contribution is 5.74. The van der Waals surface area contributed by atoms with Crippen LogP contribution in [0.1, 0.15) is 45.7 Å². The summed E-state index contributed by atoms with van der Waals surface area (Å²) >= 11 is 0. The lowest BCUT2D eigenvalue weighted by Gasteiger charge is -2.55. The summed E-state index contributed by atoms with van der Waals surface area (Å²) in [6.45, 7) is 9.20. The molecule has 0 aromatic carbocycles. The van der Waals surface area contributed by atoms with Crippen molar-refractivity contribution in [1.29, 1.82) is 0 Å². The van der Waals surface area contributed by atoms with Gasteiger partial charge in [0.15, 0.2) is 0 Å². The molecule has 132 valence electrons. The van der Waals surface area contributed by atoms with Crippen molar-refractivity contribution in [2.75, 3.05) is 19.6 Å². The number of nitrogens with zero attached hydrogens (tertiary/aromatic N) is 3. The third-order valence-electron chi connectivity index (χ3n) is 6.04. The van der Waals surface area contributed by atoms with E-state index >= 15 is 0 Å². The first kappa shape index (κ1) is 17.4. The molecule has 0 aliphatic carbocycles. The number of likely N-dealkylation sites (tertiary alicyclic amines) is 2. The minimum absolute atomic E-state index is 0.0568. The van der Waals surface area contributed by atoms with Crippen molar-refractivity contribution in [3.05, 3.63) is 30.1 Å². The Hall–Kier alpha value is -1.46. The molecule has 1 amide bonds. The van der Waals surface area contributed by atoms with Gasteiger partial charge in [0, 0.05) is 26.2 Å². The van der Waals surface area contributed by atoms with Gasteiger partial charge in [0.25, 0.3) is 0 Å². The van der Waals surface area contributed by atoms with Gasteiger partial charge < -0.3 is 10.0 Å². The van der Waals surface area contributed by atoms with Gasteiger partial charge in [-0.1, -0.05) is 6.07 Å². The molecule has 3 rings (SSSR count). The summed E-state index contributed by atoms with van der Waals surface area (Å²) in [6.07, 6.45) is 4.22. The van der Waals surface area contributed by atoms with Gasteiger partial charge in [-0.2, -0.15) is 0 Å². The third-order valence-corrected chi connectivity index (χ3v) is 6.04. The molecular formula is C19H29N3O2. The van der Waals surface area contributed by atoms with Crippen LogP contribution < -0.4 is 0 Å². The fourth-order valence-electron chi connectivity index (χ4n) is 4.23. The van der Waals surface area contributed by atoms with E-state index in [1.165, 1.54) is 0 Å². The zero-order valence-corrected chi connectivity index (χ0v) is 15.0. The molecule has 0 bridgehead atoms. The van der Waals surface area contributed by atoms with Crippen molar-refractivity contribution < 1.29 is 9.90 Å². The van der Waals surface area contributed by atoms with Gasteiger partial charge in [0.2, 0.25) is 5.91 Å². The maximum Gasteiger partial charge on any atom is 0.219 e. The smallest absolute Gasteiger partial charge is 0.219 e. The highest BCUT2D eigenvalue weighted by atomic mass is 16.3. The topological polar surface area (TPSA) is 56.7 Å². The number of hydrogen-bond acceptors (Lipinski definition) is 4. The van der Waals surface area contributed by atoms with Crippen molar-refractivity contribution in [3.8, 4) is 0 Å². The minimum Gasteiger partial charge on any atom is -0.391 e. The Bertz CT molecular complexity index is 580. The molecular weight excluding hydrogens is 302 g/mol. The van der Waals surface area contributed by atoms with Gasteiger partial charge in [-0.25, -0.2) is 0 Å². The number of carbonyl (C=O) groups excluding carboxylic acids is 1. The Morgan fingerprint density at radius 2 is 2.04 bits per heavy atom. The number of aliphatic hydroxyl groups excluding tert-OH is 1. The Morgan fingerprint density at radius 1 is 1.33 bits per heavy atom. The number of rotatable bonds is 2. The van der Waals surface area contributed by atoms with Crippen LogP contribution in [0.4, 0.5) is 0 Å². The van der Waals surface area contributed by atoms with Crippen LogP contribution in [0.25, 0.3) is 0 Å². The SMILES string of the molecule is CC(=O)N1CC2(CCN(Cc3ccccn3)CC2)C[C@H](O)C1(C)C. The molecule has 1 aromatic heterocycles. The quantitative estimate of drug-likeness (QED) is 0.901. The molecule has 1 aromatic rings. The summed E-state index contributed by atoms with van der Waals surface area (Å²) in [5.41, 5.74) is 0.687. The number of hydrogen-bond donors (Lipinski definition) is 1. The number of amides is 1. The van der Waals surface area contributed by atoms with Crippen LogP contribution >= 0.6 is 0 Å². The normalized spacial score (nSPS) is 26.5. The van der Waals surface area contributed by atoms with E-state index in [0.717, 1.165) is 51.1 Å². The second kappa shape index (κ2) is 6.45. The first-order chi connectivity index (χ1) is 11.3. The number of carbonyl (C=O) groups is 1. The maximum absolute atomic E-state index is 12.1. The Balaban J connectivity index is 1.65. The zero-order valence-electron chi connectivity index (χ0n) is 15.0. The molecule has 1 atom stereocenters. The number of pyridine rings is 1. The van der Waals surface area contributed by atoms with Crippen molar-refractivity contribution in [2.24, 2.45) is 5.41 Å². The molecule has 2 aliphatic heterocycles. The number of aliphatic hydroxyl groups is 1. The monoisotopic (exact) mass is 331 g/mol. The Labute approximate surface area is 144 Å². The minimum atomic E-state index is -0.470. The molecule has 2 saturated heterocycles. The lowest BCUT2D eigenvalue weighted by atomic mass is 9.67. The summed E-state index contributed by atoms with van der Waals surface area (Å²) in [7, 11) is 0. The highest BCUT2D eigenvalue weighted by Gasteiger charge is 2.50. The Morgan fingerprint density at radius 3 is 2.62 bits per heavy atom. The van der Waals surface area contributed by atoms with E-state index in [1.807, 2.05) is 37.1 Å². The molecule has 1 spiro atoms. The van der Waals surface area contributed by atoms with E-state index in [-0.39, 0.29) is 11.3 Å². The van der Waals surface area contributed by atoms with Crippen LogP contribution in [0.15, 0.2) is 24.4 Å². The molecule has 1 N–H and O–H groups in total. The van der Waals surface area contributed by atoms with Crippen molar-refractivity contribution in [1.82, 2.24) is 14.8 Å². The predicted octanol–water partition coefficient (Wildman–Crippen LogP) is 2.06. The van der Waals surface area contributed by atoms with Gasteiger partial charge in [-0.05, 0) is 63.7 Å². The van der Waals surface area contributed by atoms with Crippen molar-refractivity contribution in [3.63, 3.8) is 0 Å². The van der Waals surface area contributed by atoms with Gasteiger partial charge in [-0.3, -0.25) is 14.7 Å². The molecule has 2 aliphatic rings. The van der Waals surface area contributed by atoms with Crippen molar-refractivity contribution in [2.45, 2.75) is 58.2 Å². The van der Waals surface area contributed by atoms with Gasteiger partial charge >= 0.3 is 0 Å². The van der Waals surface area contributed by atoms with Gasteiger partial charge in [0.1, 0.15) is 0 Å². The molecule has 5 heteroatoms. The van der Waals surface area contributed by atoms with Gasteiger partial charge in [0.05, 0.1) is 17.3 Å². The average Bonchev–Trinajstić information content (AvgIpc) is 2.54. The summed E-state index contributed by atoms with van der Waals surface area (Å²) in [6, 6.07) is 6.03. The standard InChI is InChI=1S/C19H29N3O2/c1-15(23)22-14-19(12-17(24)18(22,2)3)7-10-21(11-8-19)13-16-6-4-5-9-20-16/h4-6,9,17,24H,7-8,10-14H2,1-3H3/t17-/m0/s1. The van der Waals surface area contributed by atoms with Crippen LogP contribution in [-0.4, -0.2) is 57.1 Å². The molecule has 0 saturated carbocycles. The lowest BCUT2D eigenvalue weighted by molar-refractivity contribution is -0.157. The van der Waals surface area contributed by atoms with Crippen LogP contribution in [0.3, 0.4) is 0 Å². The summed E-state index contributed by atoms with van der Waals surface area (Å²) in [4.78, 5) is 20.8. The Kier molecular flexibility index (Phi) is 4.67. The van der Waals surface area contributed by atoms with Crippen LogP contribution in [0.2, 0.25) is 0 Å². The third kappa shape index (κ3) is 3.33. The summed E-state index contributed by atoms with van der Waals surface area (Å²) < 4.78 is 0. The second-order valence-corrected chi connectivity index (χ2v) is 8.08. The van der Waals surface area contributed by atoms with Crippen LogP contribution in [0.5, 0.6) is 0 Å². The van der Waals surface area contributed by atoms with E-state index in [9.17, 15) is 9.90 Å². The van der Waals surface area contributed by atoms with Crippen LogP contribution in [0, 0.1) is 5.41 Å². The van der Waals surface area contributed by atoms with E-state index < -0.39 is 11.6 Å². The first-order valence-corrected chi connectivity index (χ1v) is 8.91. The molecule has 24 heavy (non-hydrogen) atoms. The molecule has 0 radical (unpaired) electrons. The summed E-state index contributed by atoms with van der Waals surface area (Å²) in [5.74, 6) is 0.0639. The number of piperidine rings is 2. The van der Waals surface area contributed by atoms with Crippen molar-refractivity contribution >= 4 is 5.91 Å². The maximum atomic E-state index is 12.1. The highest BCUT2D eigenvalue weighted by Crippen LogP contribution is 2.45. The van der Waals surface area contributed by atoms with Crippen LogP contribution in [-0.2, 0) is 11.3 Å².